The molecule has 154 valence electrons. The lowest BCUT2D eigenvalue weighted by Gasteiger charge is -2.40. The number of carbonyl (C=O) groups is 2. The molecule has 1 atom stereocenters. The molecule has 1 amide bonds. The van der Waals surface area contributed by atoms with E-state index in [0.29, 0.717) is 19.3 Å². The van der Waals surface area contributed by atoms with E-state index in [-0.39, 0.29) is 17.4 Å². The summed E-state index contributed by atoms with van der Waals surface area (Å²) in [4.78, 5) is 25.5. The highest BCUT2D eigenvalue weighted by Gasteiger charge is 2.56. The molecule has 7 heteroatoms. The molecule has 6 nitrogen and oxygen atoms in total. The third kappa shape index (κ3) is 3.95. The van der Waals surface area contributed by atoms with Gasteiger partial charge in [0.15, 0.2) is 0 Å². The summed E-state index contributed by atoms with van der Waals surface area (Å²) in [5, 5.41) is 0. The van der Waals surface area contributed by atoms with Gasteiger partial charge in [-0.15, -0.1) is 0 Å². The molecule has 1 heterocycles. The number of esters is 1. The van der Waals surface area contributed by atoms with Gasteiger partial charge in [-0.05, 0) is 52.2 Å². The van der Waals surface area contributed by atoms with Crippen molar-refractivity contribution in [3.63, 3.8) is 0 Å². The van der Waals surface area contributed by atoms with E-state index >= 15 is 0 Å². The Morgan fingerprint density at radius 3 is 2.36 bits per heavy atom. The van der Waals surface area contributed by atoms with Crippen LogP contribution in [0, 0.1) is 12.8 Å². The fourth-order valence-electron chi connectivity index (χ4n) is 4.51. The first-order chi connectivity index (χ1) is 13.2. The zero-order valence-corrected chi connectivity index (χ0v) is 17.6. The number of ether oxygens (including phenoxy) is 1. The van der Waals surface area contributed by atoms with Crippen LogP contribution < -0.4 is 0 Å². The Hall–Kier alpha value is -1.89. The van der Waals surface area contributed by atoms with E-state index in [1.807, 2.05) is 6.92 Å². The van der Waals surface area contributed by atoms with Crippen LogP contribution in [-0.4, -0.2) is 36.2 Å². The van der Waals surface area contributed by atoms with E-state index in [9.17, 15) is 18.0 Å². The molecule has 0 aromatic heterocycles. The average molecular weight is 408 g/mol. The molecule has 1 aromatic carbocycles. The van der Waals surface area contributed by atoms with Crippen molar-refractivity contribution in [2.45, 2.75) is 82.3 Å². The summed E-state index contributed by atoms with van der Waals surface area (Å²) >= 11 is 0. The Morgan fingerprint density at radius 2 is 1.79 bits per heavy atom. The van der Waals surface area contributed by atoms with Gasteiger partial charge in [-0.2, -0.15) is 0 Å². The molecule has 0 unspecified atom stereocenters. The van der Waals surface area contributed by atoms with Crippen molar-refractivity contribution in [2.75, 3.05) is 0 Å². The largest absolute Gasteiger partial charge is 0.463 e. The van der Waals surface area contributed by atoms with Gasteiger partial charge in [0.05, 0.1) is 28.9 Å². The highest BCUT2D eigenvalue weighted by atomic mass is 32.2. The lowest BCUT2D eigenvalue weighted by Crippen LogP contribution is -2.50. The monoisotopic (exact) mass is 407 g/mol. The minimum Gasteiger partial charge on any atom is -0.463 e. The molecular formula is C21H29NO5S. The van der Waals surface area contributed by atoms with Crippen LogP contribution in [0.3, 0.4) is 0 Å². The lowest BCUT2D eigenvalue weighted by molar-refractivity contribution is -0.150. The number of sulfonamides is 1. The van der Waals surface area contributed by atoms with Gasteiger partial charge < -0.3 is 4.74 Å². The van der Waals surface area contributed by atoms with Crippen molar-refractivity contribution in [3.8, 4) is 0 Å². The average Bonchev–Trinajstić information content (AvgIpc) is 2.86. The van der Waals surface area contributed by atoms with Crippen LogP contribution in [-0.2, 0) is 24.3 Å². The second-order valence-corrected chi connectivity index (χ2v) is 10.1. The fraction of sp³-hybridized carbons (Fsp3) is 0.619. The molecule has 28 heavy (non-hydrogen) atoms. The Kier molecular flexibility index (Phi) is 5.84. The number of carbonyl (C=O) groups excluding carboxylic acids is 2. The summed E-state index contributed by atoms with van der Waals surface area (Å²) in [6, 6.07) is 6.57. The zero-order chi connectivity index (χ0) is 20.5. The van der Waals surface area contributed by atoms with Gasteiger partial charge in [0.25, 0.3) is 10.0 Å². The molecule has 1 spiro atoms. The lowest BCUT2D eigenvalue weighted by atomic mass is 9.78. The molecule has 0 N–H and O–H groups in total. The first-order valence-corrected chi connectivity index (χ1v) is 11.5. The minimum atomic E-state index is -3.97. The van der Waals surface area contributed by atoms with Crippen molar-refractivity contribution in [1.82, 2.24) is 4.31 Å². The first kappa shape index (κ1) is 20.8. The van der Waals surface area contributed by atoms with Gasteiger partial charge in [-0.3, -0.25) is 9.59 Å². The number of amides is 1. The minimum absolute atomic E-state index is 0.0708. The third-order valence-electron chi connectivity index (χ3n) is 5.73. The third-order valence-corrected chi connectivity index (χ3v) is 7.65. The van der Waals surface area contributed by atoms with Gasteiger partial charge in [-0.1, -0.05) is 37.0 Å². The van der Waals surface area contributed by atoms with Crippen LogP contribution in [0.5, 0.6) is 0 Å². The number of nitrogens with zero attached hydrogens (tertiary/aromatic N) is 1. The summed E-state index contributed by atoms with van der Waals surface area (Å²) < 4.78 is 33.2. The van der Waals surface area contributed by atoms with Gasteiger partial charge in [-0.25, -0.2) is 12.7 Å². The van der Waals surface area contributed by atoms with Crippen molar-refractivity contribution < 1.29 is 22.7 Å². The molecule has 0 bridgehead atoms. The van der Waals surface area contributed by atoms with Gasteiger partial charge in [0.2, 0.25) is 5.91 Å². The first-order valence-electron chi connectivity index (χ1n) is 10.0. The second-order valence-electron chi connectivity index (χ2n) is 8.35. The quantitative estimate of drug-likeness (QED) is 0.697. The van der Waals surface area contributed by atoms with E-state index in [4.69, 9.17) is 4.74 Å². The van der Waals surface area contributed by atoms with Crippen LogP contribution in [0.4, 0.5) is 0 Å². The zero-order valence-electron chi connectivity index (χ0n) is 16.8. The normalized spacial score (nSPS) is 22.1. The van der Waals surface area contributed by atoms with E-state index in [0.717, 1.165) is 29.1 Å². The molecule has 2 fully saturated rings. The number of aryl methyl sites for hydroxylation is 1. The smallest absolute Gasteiger partial charge is 0.306 e. The van der Waals surface area contributed by atoms with Gasteiger partial charge in [0, 0.05) is 0 Å². The van der Waals surface area contributed by atoms with Crippen molar-refractivity contribution in [1.29, 1.82) is 0 Å². The van der Waals surface area contributed by atoms with Gasteiger partial charge in [0.1, 0.15) is 0 Å². The standard InChI is InChI=1S/C21H29NO5S/c1-15(2)27-19(23)13-17-14-21(11-5-4-6-12-21)22(20(17)24)28(25,26)18-9-7-16(3)8-10-18/h7-10,15,17H,4-6,11-14H2,1-3H3/t17-/m1/s1. The van der Waals surface area contributed by atoms with Crippen LogP contribution in [0.25, 0.3) is 0 Å². The van der Waals surface area contributed by atoms with Crippen molar-refractivity contribution >= 4 is 21.9 Å². The molecular weight excluding hydrogens is 378 g/mol. The summed E-state index contributed by atoms with van der Waals surface area (Å²) in [5.74, 6) is -1.57. The maximum Gasteiger partial charge on any atom is 0.306 e. The Bertz CT molecular complexity index is 838. The number of benzene rings is 1. The highest BCUT2D eigenvalue weighted by Crippen LogP contribution is 2.48. The summed E-state index contributed by atoms with van der Waals surface area (Å²) in [6.45, 7) is 5.40. The maximum atomic E-state index is 13.4. The fourth-order valence-corrected chi connectivity index (χ4v) is 6.35. The predicted molar refractivity (Wildman–Crippen MR) is 105 cm³/mol. The van der Waals surface area contributed by atoms with Gasteiger partial charge >= 0.3 is 5.97 Å². The Labute approximate surface area is 167 Å². The van der Waals surface area contributed by atoms with Crippen LogP contribution in [0.15, 0.2) is 29.2 Å². The SMILES string of the molecule is Cc1ccc(S(=O)(=O)N2C(=O)[C@H](CC(=O)OC(C)C)CC23CCCCC3)cc1. The summed E-state index contributed by atoms with van der Waals surface area (Å²) in [7, 11) is -3.97. The molecule has 2 aliphatic rings. The molecule has 1 aromatic rings. The van der Waals surface area contributed by atoms with Crippen molar-refractivity contribution in [3.05, 3.63) is 29.8 Å². The number of rotatable bonds is 5. The molecule has 0 radical (unpaired) electrons. The Morgan fingerprint density at radius 1 is 1.18 bits per heavy atom. The van der Waals surface area contributed by atoms with E-state index in [1.165, 1.54) is 0 Å². The van der Waals surface area contributed by atoms with E-state index in [1.54, 1.807) is 38.1 Å². The molecule has 1 saturated heterocycles. The van der Waals surface area contributed by atoms with Crippen molar-refractivity contribution in [2.24, 2.45) is 5.92 Å². The number of hydrogen-bond acceptors (Lipinski definition) is 5. The van der Waals surface area contributed by atoms with Crippen LogP contribution in [0.2, 0.25) is 0 Å². The van der Waals surface area contributed by atoms with Crippen LogP contribution in [0.1, 0.15) is 64.4 Å². The molecule has 3 rings (SSSR count). The van der Waals surface area contributed by atoms with E-state index < -0.39 is 33.4 Å². The molecule has 1 aliphatic carbocycles. The topological polar surface area (TPSA) is 80.8 Å². The summed E-state index contributed by atoms with van der Waals surface area (Å²) in [5.41, 5.74) is 0.232. The summed E-state index contributed by atoms with van der Waals surface area (Å²) in [6.07, 6.45) is 4.17. The predicted octanol–water partition coefficient (Wildman–Crippen LogP) is 3.58. The highest BCUT2D eigenvalue weighted by molar-refractivity contribution is 7.89. The molecule has 1 aliphatic heterocycles. The second kappa shape index (κ2) is 7.85. The maximum absolute atomic E-state index is 13.4. The Balaban J connectivity index is 1.95. The number of hydrogen-bond donors (Lipinski definition) is 0. The van der Waals surface area contributed by atoms with Crippen LogP contribution >= 0.6 is 0 Å². The molecule has 1 saturated carbocycles. The van der Waals surface area contributed by atoms with E-state index in [2.05, 4.69) is 0 Å².